The van der Waals surface area contributed by atoms with E-state index in [0.717, 1.165) is 17.2 Å². The third-order valence-corrected chi connectivity index (χ3v) is 6.28. The molecule has 8 heteroatoms. The molecule has 0 amide bonds. The smallest absolute Gasteiger partial charge is 0.417 e. The second-order valence-electron chi connectivity index (χ2n) is 7.13. The third-order valence-electron chi connectivity index (χ3n) is 5.37. The van der Waals surface area contributed by atoms with Crippen LogP contribution in [-0.4, -0.2) is 19.7 Å². The zero-order valence-electron chi connectivity index (χ0n) is 15.5. The fraction of sp³-hybridized carbons (Fsp3) is 0.381. The zero-order chi connectivity index (χ0) is 20.8. The lowest BCUT2D eigenvalue weighted by atomic mass is 9.98. The summed E-state index contributed by atoms with van der Waals surface area (Å²) < 4.78 is 55.9. The molecule has 0 bridgehead atoms. The first kappa shape index (κ1) is 20.1. The van der Waals surface area contributed by atoms with Gasteiger partial charge in [-0.15, -0.1) is 0 Å². The Bertz CT molecular complexity index is 958. The van der Waals surface area contributed by atoms with Crippen molar-refractivity contribution in [1.82, 2.24) is 0 Å². The summed E-state index contributed by atoms with van der Waals surface area (Å²) in [5.41, 5.74) is 1.65. The van der Waals surface area contributed by atoms with Crippen LogP contribution in [0, 0.1) is 0 Å². The summed E-state index contributed by atoms with van der Waals surface area (Å²) in [4.78, 5) is 11.5. The van der Waals surface area contributed by atoms with Crippen molar-refractivity contribution in [2.75, 3.05) is 13.7 Å². The molecular weight excluding hydrogens is 453 g/mol. The molecule has 1 aliphatic carbocycles. The van der Waals surface area contributed by atoms with Gasteiger partial charge in [0.2, 0.25) is 0 Å². The summed E-state index contributed by atoms with van der Waals surface area (Å²) in [6.07, 6.45) is -3.38. The summed E-state index contributed by atoms with van der Waals surface area (Å²) in [6, 6.07) is 8.02. The molecule has 4 rings (SSSR count). The van der Waals surface area contributed by atoms with Gasteiger partial charge in [-0.1, -0.05) is 12.1 Å². The van der Waals surface area contributed by atoms with Crippen molar-refractivity contribution < 1.29 is 32.2 Å². The fourth-order valence-electron chi connectivity index (χ4n) is 3.91. The van der Waals surface area contributed by atoms with E-state index >= 15 is 0 Å². The second kappa shape index (κ2) is 7.55. The van der Waals surface area contributed by atoms with Gasteiger partial charge in [-0.05, 0) is 52.0 Å². The Balaban J connectivity index is 1.53. The van der Waals surface area contributed by atoms with E-state index in [9.17, 15) is 18.0 Å². The predicted molar refractivity (Wildman–Crippen MR) is 102 cm³/mol. The van der Waals surface area contributed by atoms with Crippen molar-refractivity contribution in [1.29, 1.82) is 0 Å². The Morgan fingerprint density at radius 3 is 2.72 bits per heavy atom. The minimum atomic E-state index is -4.40. The maximum atomic E-state index is 13.1. The van der Waals surface area contributed by atoms with E-state index in [1.807, 2.05) is 6.07 Å². The average Bonchev–Trinajstić information content (AvgIpc) is 3.26. The van der Waals surface area contributed by atoms with Crippen LogP contribution < -0.4 is 9.47 Å². The summed E-state index contributed by atoms with van der Waals surface area (Å²) in [5.74, 6) is 0.883. The molecule has 1 aliphatic heterocycles. The van der Waals surface area contributed by atoms with Crippen LogP contribution in [0.3, 0.4) is 0 Å². The molecule has 0 N–H and O–H groups in total. The molecule has 2 aromatic carbocycles. The number of rotatable bonds is 4. The molecule has 29 heavy (non-hydrogen) atoms. The number of hydrogen-bond donors (Lipinski definition) is 0. The van der Waals surface area contributed by atoms with Gasteiger partial charge in [0, 0.05) is 22.0 Å². The van der Waals surface area contributed by atoms with Crippen LogP contribution in [0.15, 0.2) is 34.8 Å². The van der Waals surface area contributed by atoms with Crippen LogP contribution in [0.5, 0.6) is 11.5 Å². The van der Waals surface area contributed by atoms with Gasteiger partial charge in [0.15, 0.2) is 0 Å². The molecule has 0 saturated carbocycles. The van der Waals surface area contributed by atoms with E-state index in [4.69, 9.17) is 14.2 Å². The SMILES string of the molecule is COC(=O)C[C@@H]1COc2cc(O[C@@H]3CCc4c3ccc(C(F)(F)F)c4Br)ccc21. The van der Waals surface area contributed by atoms with Gasteiger partial charge in [0.1, 0.15) is 17.6 Å². The number of hydrogen-bond acceptors (Lipinski definition) is 4. The highest BCUT2D eigenvalue weighted by molar-refractivity contribution is 9.10. The molecule has 0 unspecified atom stereocenters. The third kappa shape index (κ3) is 3.82. The lowest BCUT2D eigenvalue weighted by Crippen LogP contribution is -2.09. The lowest BCUT2D eigenvalue weighted by Gasteiger charge is -2.17. The number of ether oxygens (including phenoxy) is 3. The van der Waals surface area contributed by atoms with Crippen LogP contribution in [0.4, 0.5) is 13.2 Å². The number of benzene rings is 2. The molecule has 1 heterocycles. The minimum absolute atomic E-state index is 0.0598. The van der Waals surface area contributed by atoms with E-state index in [2.05, 4.69) is 15.9 Å². The second-order valence-corrected chi connectivity index (χ2v) is 7.92. The van der Waals surface area contributed by atoms with Crippen molar-refractivity contribution in [3.8, 4) is 11.5 Å². The normalized spacial score (nSPS) is 20.0. The first-order valence-electron chi connectivity index (χ1n) is 9.16. The van der Waals surface area contributed by atoms with Crippen LogP contribution in [0.2, 0.25) is 0 Å². The number of esters is 1. The molecule has 0 aromatic heterocycles. The van der Waals surface area contributed by atoms with Gasteiger partial charge in [0.05, 0.1) is 25.7 Å². The van der Waals surface area contributed by atoms with Gasteiger partial charge >= 0.3 is 12.1 Å². The molecule has 0 fully saturated rings. The summed E-state index contributed by atoms with van der Waals surface area (Å²) >= 11 is 3.12. The fourth-order valence-corrected chi connectivity index (χ4v) is 4.70. The van der Waals surface area contributed by atoms with Gasteiger partial charge < -0.3 is 14.2 Å². The van der Waals surface area contributed by atoms with Crippen molar-refractivity contribution in [3.05, 3.63) is 57.1 Å². The minimum Gasteiger partial charge on any atom is -0.492 e. The highest BCUT2D eigenvalue weighted by atomic mass is 79.9. The molecule has 4 nitrogen and oxygen atoms in total. The van der Waals surface area contributed by atoms with Gasteiger partial charge in [-0.25, -0.2) is 0 Å². The highest BCUT2D eigenvalue weighted by Crippen LogP contribution is 2.45. The molecule has 0 radical (unpaired) electrons. The Kier molecular flexibility index (Phi) is 5.23. The molecule has 0 spiro atoms. The topological polar surface area (TPSA) is 44.8 Å². The van der Waals surface area contributed by atoms with E-state index < -0.39 is 11.7 Å². The number of carbonyl (C=O) groups is 1. The highest BCUT2D eigenvalue weighted by Gasteiger charge is 2.37. The summed E-state index contributed by atoms with van der Waals surface area (Å²) in [6.45, 7) is 0.396. The number of methoxy groups -OCH3 is 1. The van der Waals surface area contributed by atoms with Crippen LogP contribution in [0.1, 0.15) is 47.1 Å². The van der Waals surface area contributed by atoms with Crippen LogP contribution in [0.25, 0.3) is 0 Å². The van der Waals surface area contributed by atoms with Crippen molar-refractivity contribution in [2.45, 2.75) is 37.5 Å². The maximum Gasteiger partial charge on any atom is 0.417 e. The van der Waals surface area contributed by atoms with Crippen molar-refractivity contribution >= 4 is 21.9 Å². The molecule has 154 valence electrons. The monoisotopic (exact) mass is 470 g/mol. The largest absolute Gasteiger partial charge is 0.492 e. The molecule has 2 aromatic rings. The number of alkyl halides is 3. The molecule has 2 aliphatic rings. The van der Waals surface area contributed by atoms with Gasteiger partial charge in [0.25, 0.3) is 0 Å². The maximum absolute atomic E-state index is 13.1. The van der Waals surface area contributed by atoms with Gasteiger partial charge in [-0.3, -0.25) is 4.79 Å². The summed E-state index contributed by atoms with van der Waals surface area (Å²) in [7, 11) is 1.35. The Morgan fingerprint density at radius 2 is 2.00 bits per heavy atom. The summed E-state index contributed by atoms with van der Waals surface area (Å²) in [5, 5.41) is 0. The van der Waals surface area contributed by atoms with Crippen molar-refractivity contribution in [3.63, 3.8) is 0 Å². The van der Waals surface area contributed by atoms with E-state index in [0.29, 0.717) is 36.5 Å². The standard InChI is InChI=1S/C21H18BrF3O4/c1-27-19(26)8-11-10-28-18-9-12(2-3-13(11)18)29-17-7-5-15-14(17)4-6-16(20(15)22)21(23,24)25/h2-4,6,9,11,17H,5,7-8,10H2,1H3/t11-,17-/m1/s1. The first-order valence-corrected chi connectivity index (χ1v) is 9.96. The van der Waals surface area contributed by atoms with Gasteiger partial charge in [-0.2, -0.15) is 13.2 Å². The molecular formula is C21H18BrF3O4. The van der Waals surface area contributed by atoms with E-state index in [-0.39, 0.29) is 28.9 Å². The zero-order valence-corrected chi connectivity index (χ0v) is 17.1. The Hall–Kier alpha value is -2.22. The molecule has 2 atom stereocenters. The first-order chi connectivity index (χ1) is 13.8. The quantitative estimate of drug-likeness (QED) is 0.547. The van der Waals surface area contributed by atoms with E-state index in [1.165, 1.54) is 13.2 Å². The average molecular weight is 471 g/mol. The number of halogens is 4. The Morgan fingerprint density at radius 1 is 1.24 bits per heavy atom. The lowest BCUT2D eigenvalue weighted by molar-refractivity contribution is -0.141. The predicted octanol–water partition coefficient (Wildman–Crippen LogP) is 5.57. The van der Waals surface area contributed by atoms with E-state index in [1.54, 1.807) is 12.1 Å². The molecule has 0 saturated heterocycles. The van der Waals surface area contributed by atoms with Crippen LogP contribution in [-0.2, 0) is 22.1 Å². The number of fused-ring (bicyclic) bond motifs is 2. The Labute approximate surface area is 174 Å². The van der Waals surface area contributed by atoms with Crippen LogP contribution >= 0.6 is 15.9 Å². The number of carbonyl (C=O) groups excluding carboxylic acids is 1. The van der Waals surface area contributed by atoms with Crippen molar-refractivity contribution in [2.24, 2.45) is 0 Å².